The Labute approximate surface area is 139 Å². The number of carbonyl (C=O) groups is 1. The van der Waals surface area contributed by atoms with Gasteiger partial charge in [0.05, 0.1) is 16.4 Å². The summed E-state index contributed by atoms with van der Waals surface area (Å²) >= 11 is 5.99. The van der Waals surface area contributed by atoms with Crippen LogP contribution in [0, 0.1) is 11.2 Å². The lowest BCUT2D eigenvalue weighted by Gasteiger charge is -2.19. The van der Waals surface area contributed by atoms with E-state index in [0.29, 0.717) is 6.29 Å². The van der Waals surface area contributed by atoms with Crippen LogP contribution in [0.4, 0.5) is 10.1 Å². The van der Waals surface area contributed by atoms with Crippen molar-refractivity contribution in [3.8, 4) is 0 Å². The zero-order valence-corrected chi connectivity index (χ0v) is 13.7. The Morgan fingerprint density at radius 1 is 1.48 bits per heavy atom. The van der Waals surface area contributed by atoms with Crippen LogP contribution in [0.15, 0.2) is 42.6 Å². The number of benzene rings is 1. The van der Waals surface area contributed by atoms with Crippen molar-refractivity contribution in [3.05, 3.63) is 59.0 Å². The first-order chi connectivity index (χ1) is 10.7. The molecule has 0 atom stereocenters. The van der Waals surface area contributed by atoms with Crippen molar-refractivity contribution in [2.45, 2.75) is 0 Å². The van der Waals surface area contributed by atoms with Crippen molar-refractivity contribution in [1.29, 1.82) is 5.41 Å². The van der Waals surface area contributed by atoms with Gasteiger partial charge in [-0.25, -0.2) is 4.39 Å². The zero-order valence-electron chi connectivity index (χ0n) is 12.9. The molecular formula is C16H18ClFN4O. The van der Waals surface area contributed by atoms with Crippen LogP contribution in [0.5, 0.6) is 0 Å². The molecule has 0 bridgehead atoms. The molecule has 0 amide bonds. The van der Waals surface area contributed by atoms with Gasteiger partial charge in [0.25, 0.3) is 0 Å². The van der Waals surface area contributed by atoms with Gasteiger partial charge < -0.3 is 16.0 Å². The summed E-state index contributed by atoms with van der Waals surface area (Å²) in [4.78, 5) is 12.7. The number of halogens is 2. The average Bonchev–Trinajstić information content (AvgIpc) is 2.45. The van der Waals surface area contributed by atoms with Gasteiger partial charge >= 0.3 is 0 Å². The Bertz CT molecular complexity index is 710. The van der Waals surface area contributed by atoms with E-state index < -0.39 is 5.82 Å². The molecule has 23 heavy (non-hydrogen) atoms. The van der Waals surface area contributed by atoms with E-state index in [1.165, 1.54) is 23.1 Å². The van der Waals surface area contributed by atoms with E-state index in [-0.39, 0.29) is 39.1 Å². The van der Waals surface area contributed by atoms with E-state index in [1.807, 2.05) is 0 Å². The standard InChI is InChI=1S/C16H18ClFN4O/c1-5-10(16(19)20)13(8-23)21-9(2)11-6-7-12(17)15(14(11)18)22(3)4/h5-8,21H,1-2H2,3-4H3,(H3,19,20). The van der Waals surface area contributed by atoms with Gasteiger partial charge in [-0.15, -0.1) is 0 Å². The van der Waals surface area contributed by atoms with Gasteiger partial charge in [-0.1, -0.05) is 30.8 Å². The molecule has 0 aliphatic carbocycles. The molecule has 0 aliphatic rings. The summed E-state index contributed by atoms with van der Waals surface area (Å²) in [6.07, 6.45) is 1.72. The molecule has 0 unspecified atom stereocenters. The van der Waals surface area contributed by atoms with E-state index >= 15 is 0 Å². The summed E-state index contributed by atoms with van der Waals surface area (Å²) in [7, 11) is 3.32. The van der Waals surface area contributed by atoms with E-state index in [1.54, 1.807) is 14.1 Å². The number of anilines is 1. The second-order valence-electron chi connectivity index (χ2n) is 4.82. The number of hydrogen-bond donors (Lipinski definition) is 3. The van der Waals surface area contributed by atoms with Crippen molar-refractivity contribution < 1.29 is 9.18 Å². The van der Waals surface area contributed by atoms with E-state index in [4.69, 9.17) is 22.7 Å². The van der Waals surface area contributed by atoms with Crippen molar-refractivity contribution >= 4 is 35.1 Å². The molecule has 0 spiro atoms. The second kappa shape index (κ2) is 7.60. The van der Waals surface area contributed by atoms with Crippen LogP contribution in [0.25, 0.3) is 5.70 Å². The highest BCUT2D eigenvalue weighted by Gasteiger charge is 2.17. The molecule has 1 rings (SSSR count). The van der Waals surface area contributed by atoms with Crippen LogP contribution in [-0.2, 0) is 4.79 Å². The van der Waals surface area contributed by atoms with Gasteiger partial charge in [0.15, 0.2) is 12.1 Å². The number of nitrogens with zero attached hydrogens (tertiary/aromatic N) is 1. The minimum Gasteiger partial charge on any atom is -0.384 e. The largest absolute Gasteiger partial charge is 0.384 e. The maximum atomic E-state index is 14.6. The molecule has 0 aliphatic heterocycles. The molecule has 0 saturated carbocycles. The summed E-state index contributed by atoms with van der Waals surface area (Å²) in [5.74, 6) is -0.916. The van der Waals surface area contributed by atoms with Crippen LogP contribution in [0.3, 0.4) is 0 Å². The van der Waals surface area contributed by atoms with Gasteiger partial charge in [0.1, 0.15) is 5.84 Å². The first-order valence-electron chi connectivity index (χ1n) is 6.52. The van der Waals surface area contributed by atoms with Crippen molar-refractivity contribution in [2.75, 3.05) is 19.0 Å². The maximum absolute atomic E-state index is 14.6. The lowest BCUT2D eigenvalue weighted by molar-refractivity contribution is -0.105. The lowest BCUT2D eigenvalue weighted by Crippen LogP contribution is -2.22. The summed E-state index contributed by atoms with van der Waals surface area (Å²) in [5, 5.41) is 10.3. The second-order valence-corrected chi connectivity index (χ2v) is 5.23. The average molecular weight is 337 g/mol. The molecule has 0 heterocycles. The normalized spacial score (nSPS) is 11.3. The van der Waals surface area contributed by atoms with Crippen molar-refractivity contribution in [1.82, 2.24) is 5.32 Å². The Kier molecular flexibility index (Phi) is 6.10. The van der Waals surface area contributed by atoms with Gasteiger partial charge in [0.2, 0.25) is 0 Å². The highest BCUT2D eigenvalue weighted by molar-refractivity contribution is 6.33. The fourth-order valence-electron chi connectivity index (χ4n) is 1.94. The Morgan fingerprint density at radius 2 is 2.09 bits per heavy atom. The fraction of sp³-hybridized carbons (Fsp3) is 0.125. The fourth-order valence-corrected chi connectivity index (χ4v) is 2.25. The van der Waals surface area contributed by atoms with Crippen LogP contribution >= 0.6 is 11.6 Å². The number of aldehydes is 1. The summed E-state index contributed by atoms with van der Waals surface area (Å²) < 4.78 is 14.6. The smallest absolute Gasteiger partial charge is 0.167 e. The number of hydrogen-bond acceptors (Lipinski definition) is 4. The van der Waals surface area contributed by atoms with Gasteiger partial charge in [-0.3, -0.25) is 10.2 Å². The molecule has 0 saturated heterocycles. The first kappa shape index (κ1) is 18.4. The highest BCUT2D eigenvalue weighted by Crippen LogP contribution is 2.32. The predicted octanol–water partition coefficient (Wildman–Crippen LogP) is 2.68. The van der Waals surface area contributed by atoms with E-state index in [0.717, 1.165) is 0 Å². The van der Waals surface area contributed by atoms with Crippen molar-refractivity contribution in [3.63, 3.8) is 0 Å². The summed E-state index contributed by atoms with van der Waals surface area (Å²) in [6, 6.07) is 2.98. The molecule has 0 aromatic heterocycles. The molecule has 0 fully saturated rings. The molecule has 0 radical (unpaired) electrons. The number of nitrogens with two attached hydrogens (primary N) is 1. The van der Waals surface area contributed by atoms with Crippen LogP contribution in [-0.4, -0.2) is 26.2 Å². The van der Waals surface area contributed by atoms with Crippen molar-refractivity contribution in [2.24, 2.45) is 5.73 Å². The van der Waals surface area contributed by atoms with Crippen LogP contribution < -0.4 is 16.0 Å². The third kappa shape index (κ3) is 3.98. The molecule has 5 nitrogen and oxygen atoms in total. The molecule has 4 N–H and O–H groups in total. The predicted molar refractivity (Wildman–Crippen MR) is 93.1 cm³/mol. The number of carbonyl (C=O) groups excluding carboxylic acids is 1. The lowest BCUT2D eigenvalue weighted by atomic mass is 10.1. The molecule has 7 heteroatoms. The van der Waals surface area contributed by atoms with Gasteiger partial charge in [-0.05, 0) is 12.1 Å². The Hall–Kier alpha value is -2.60. The zero-order chi connectivity index (χ0) is 17.7. The SMILES string of the molecule is C=CC(C(=N)N)=C(C=O)NC(=C)c1ccc(Cl)c(N(C)C)c1F. The minimum absolute atomic E-state index is 0.0294. The number of rotatable bonds is 7. The number of nitrogens with one attached hydrogen (secondary N) is 2. The minimum atomic E-state index is -0.576. The monoisotopic (exact) mass is 336 g/mol. The van der Waals surface area contributed by atoms with Gasteiger partial charge in [-0.2, -0.15) is 0 Å². The van der Waals surface area contributed by atoms with E-state index in [9.17, 15) is 9.18 Å². The van der Waals surface area contributed by atoms with Gasteiger partial charge in [0, 0.05) is 30.9 Å². The Morgan fingerprint density at radius 3 is 2.52 bits per heavy atom. The summed E-state index contributed by atoms with van der Waals surface area (Å²) in [6.45, 7) is 7.22. The molecule has 1 aromatic carbocycles. The van der Waals surface area contributed by atoms with Crippen LogP contribution in [0.1, 0.15) is 5.56 Å². The topological polar surface area (TPSA) is 82.2 Å². The molecule has 122 valence electrons. The Balaban J connectivity index is 3.31. The summed E-state index contributed by atoms with van der Waals surface area (Å²) in [5.41, 5.74) is 5.93. The third-order valence-corrected chi connectivity index (χ3v) is 3.33. The maximum Gasteiger partial charge on any atom is 0.167 e. The number of allylic oxidation sites excluding steroid dienone is 1. The molecule has 1 aromatic rings. The third-order valence-electron chi connectivity index (χ3n) is 3.03. The highest BCUT2D eigenvalue weighted by atomic mass is 35.5. The first-order valence-corrected chi connectivity index (χ1v) is 6.90. The number of amidine groups is 1. The van der Waals surface area contributed by atoms with Crippen LogP contribution in [0.2, 0.25) is 5.02 Å². The van der Waals surface area contributed by atoms with E-state index in [2.05, 4.69) is 18.5 Å². The quantitative estimate of drug-likeness (QED) is 0.235. The molecular weight excluding hydrogens is 319 g/mol.